The second-order valence-electron chi connectivity index (χ2n) is 12.0. The Labute approximate surface area is 239 Å². The van der Waals surface area contributed by atoms with Crippen LogP contribution in [0.3, 0.4) is 0 Å². The van der Waals surface area contributed by atoms with Crippen molar-refractivity contribution >= 4 is 0 Å². The van der Waals surface area contributed by atoms with Crippen LogP contribution in [0.25, 0.3) is 39.5 Å². The molecule has 0 amide bonds. The van der Waals surface area contributed by atoms with Crippen LogP contribution in [0.15, 0.2) is 91.1 Å². The number of rotatable bonds is 8. The van der Waals surface area contributed by atoms with Gasteiger partial charge in [-0.05, 0) is 71.7 Å². The van der Waals surface area contributed by atoms with Crippen LogP contribution in [0.1, 0.15) is 74.3 Å². The summed E-state index contributed by atoms with van der Waals surface area (Å²) in [5, 5.41) is 0. The predicted molar refractivity (Wildman–Crippen MR) is 169 cm³/mol. The van der Waals surface area contributed by atoms with Crippen LogP contribution in [0.2, 0.25) is 0 Å². The average molecular weight is 525 g/mol. The summed E-state index contributed by atoms with van der Waals surface area (Å²) in [6.45, 7) is 11.4. The third-order valence-corrected chi connectivity index (χ3v) is 8.73. The van der Waals surface area contributed by atoms with Crippen LogP contribution in [-0.4, -0.2) is 9.55 Å². The summed E-state index contributed by atoms with van der Waals surface area (Å²) in [6, 6.07) is 31.1. The molecule has 1 heterocycles. The van der Waals surface area contributed by atoms with Gasteiger partial charge in [-0.2, -0.15) is 0 Å². The molecule has 2 nitrogen and oxygen atoms in total. The number of aromatic nitrogens is 2. The first-order valence-electron chi connectivity index (χ1n) is 14.9. The highest BCUT2D eigenvalue weighted by Gasteiger charge is 2.35. The van der Waals surface area contributed by atoms with Crippen molar-refractivity contribution in [3.05, 3.63) is 119 Å². The van der Waals surface area contributed by atoms with Crippen molar-refractivity contribution in [2.75, 3.05) is 0 Å². The van der Waals surface area contributed by atoms with Gasteiger partial charge in [-0.1, -0.05) is 119 Å². The van der Waals surface area contributed by atoms with Gasteiger partial charge in [0.15, 0.2) is 0 Å². The van der Waals surface area contributed by atoms with E-state index in [-0.39, 0.29) is 5.41 Å². The zero-order valence-corrected chi connectivity index (χ0v) is 24.6. The van der Waals surface area contributed by atoms with Crippen LogP contribution in [-0.2, 0) is 11.8 Å². The molecule has 0 saturated heterocycles. The van der Waals surface area contributed by atoms with Crippen LogP contribution in [0.4, 0.5) is 0 Å². The Morgan fingerprint density at radius 1 is 0.700 bits per heavy atom. The van der Waals surface area contributed by atoms with E-state index in [0.29, 0.717) is 0 Å². The van der Waals surface area contributed by atoms with Gasteiger partial charge in [0.2, 0.25) is 0 Å². The van der Waals surface area contributed by atoms with Gasteiger partial charge < -0.3 is 0 Å². The standard InChI is InChI=1S/C38H40N2/c1-6-7-8-10-15-28-22-26(2)36(27(3)23-28)40-25-35(39-37(40)29-16-11-9-12-17-29)30-20-21-34-32(24-30)31-18-13-14-19-33(31)38(34,4)5/h9,11-14,16-25H,6-8,10,15H2,1-5H3. The molecule has 2 heteroatoms. The molecule has 1 aliphatic rings. The smallest absolute Gasteiger partial charge is 0.145 e. The Bertz CT molecular complexity index is 1650. The van der Waals surface area contributed by atoms with Gasteiger partial charge in [0.25, 0.3) is 0 Å². The van der Waals surface area contributed by atoms with E-state index in [2.05, 4.69) is 130 Å². The molecule has 5 aromatic rings. The first-order chi connectivity index (χ1) is 19.4. The number of aryl methyl sites for hydroxylation is 3. The van der Waals surface area contributed by atoms with Gasteiger partial charge in [0, 0.05) is 22.7 Å². The SMILES string of the molecule is CCCCCCc1cc(C)c(-n2cc(-c3ccc4c(c3)-c3ccccc3C4(C)C)nc2-c2ccccc2)c(C)c1. The van der Waals surface area contributed by atoms with E-state index in [9.17, 15) is 0 Å². The zero-order valence-electron chi connectivity index (χ0n) is 24.6. The maximum atomic E-state index is 5.28. The van der Waals surface area contributed by atoms with Gasteiger partial charge in [0.1, 0.15) is 5.82 Å². The lowest BCUT2D eigenvalue weighted by molar-refractivity contribution is 0.660. The lowest BCUT2D eigenvalue weighted by Crippen LogP contribution is -2.14. The van der Waals surface area contributed by atoms with E-state index < -0.39 is 0 Å². The first-order valence-corrected chi connectivity index (χ1v) is 14.9. The van der Waals surface area contributed by atoms with Gasteiger partial charge in [-0.25, -0.2) is 4.98 Å². The Balaban J connectivity index is 1.45. The van der Waals surface area contributed by atoms with E-state index in [1.807, 2.05) is 0 Å². The summed E-state index contributed by atoms with van der Waals surface area (Å²) in [5.74, 6) is 0.985. The topological polar surface area (TPSA) is 17.8 Å². The van der Waals surface area contributed by atoms with E-state index in [0.717, 1.165) is 29.1 Å². The highest BCUT2D eigenvalue weighted by Crippen LogP contribution is 2.49. The molecular formula is C38H40N2. The largest absolute Gasteiger partial charge is 0.299 e. The molecule has 0 radical (unpaired) electrons. The maximum absolute atomic E-state index is 5.28. The number of unbranched alkanes of at least 4 members (excludes halogenated alkanes) is 3. The lowest BCUT2D eigenvalue weighted by Gasteiger charge is -2.21. The molecule has 1 aromatic heterocycles. The first kappa shape index (κ1) is 26.3. The minimum Gasteiger partial charge on any atom is -0.299 e. The molecule has 0 saturated carbocycles. The van der Waals surface area contributed by atoms with Gasteiger partial charge >= 0.3 is 0 Å². The van der Waals surface area contributed by atoms with Gasteiger partial charge in [-0.15, -0.1) is 0 Å². The van der Waals surface area contributed by atoms with Crippen molar-refractivity contribution in [2.24, 2.45) is 0 Å². The molecule has 0 unspecified atom stereocenters. The highest BCUT2D eigenvalue weighted by molar-refractivity contribution is 5.84. The van der Waals surface area contributed by atoms with Crippen molar-refractivity contribution in [3.63, 3.8) is 0 Å². The van der Waals surface area contributed by atoms with E-state index in [1.54, 1.807) is 0 Å². The van der Waals surface area contributed by atoms with Crippen LogP contribution in [0, 0.1) is 13.8 Å². The molecule has 202 valence electrons. The second-order valence-corrected chi connectivity index (χ2v) is 12.0. The number of benzene rings is 4. The fraction of sp³-hybridized carbons (Fsp3) is 0.289. The van der Waals surface area contributed by atoms with Crippen molar-refractivity contribution in [1.82, 2.24) is 9.55 Å². The summed E-state index contributed by atoms with van der Waals surface area (Å²) in [4.78, 5) is 5.28. The molecule has 6 rings (SSSR count). The molecule has 0 N–H and O–H groups in total. The minimum atomic E-state index is 0.00548. The fourth-order valence-electron chi connectivity index (χ4n) is 6.69. The molecule has 0 atom stereocenters. The average Bonchev–Trinajstić information content (AvgIpc) is 3.49. The van der Waals surface area contributed by atoms with Gasteiger partial charge in [0.05, 0.1) is 11.4 Å². The van der Waals surface area contributed by atoms with Crippen molar-refractivity contribution < 1.29 is 0 Å². The normalized spacial score (nSPS) is 13.3. The summed E-state index contributed by atoms with van der Waals surface area (Å²) in [7, 11) is 0. The number of hydrogen-bond acceptors (Lipinski definition) is 1. The number of nitrogens with zero attached hydrogens (tertiary/aromatic N) is 2. The van der Waals surface area contributed by atoms with Crippen molar-refractivity contribution in [1.29, 1.82) is 0 Å². The molecular weight excluding hydrogens is 484 g/mol. The lowest BCUT2D eigenvalue weighted by atomic mass is 9.82. The van der Waals surface area contributed by atoms with Gasteiger partial charge in [-0.3, -0.25) is 4.57 Å². The summed E-state index contributed by atoms with van der Waals surface area (Å²) in [5.41, 5.74) is 14.0. The van der Waals surface area contributed by atoms with E-state index in [4.69, 9.17) is 4.98 Å². The quantitative estimate of drug-likeness (QED) is 0.185. The molecule has 0 spiro atoms. The monoisotopic (exact) mass is 524 g/mol. The fourth-order valence-corrected chi connectivity index (χ4v) is 6.69. The summed E-state index contributed by atoms with van der Waals surface area (Å²) in [6.07, 6.45) is 8.55. The Morgan fingerprint density at radius 3 is 2.15 bits per heavy atom. The number of hydrogen-bond donors (Lipinski definition) is 0. The summed E-state index contributed by atoms with van der Waals surface area (Å²) < 4.78 is 2.32. The Hall–Kier alpha value is -3.91. The number of imidazole rings is 1. The third-order valence-electron chi connectivity index (χ3n) is 8.73. The molecule has 0 fully saturated rings. The third kappa shape index (κ3) is 4.60. The molecule has 40 heavy (non-hydrogen) atoms. The molecule has 0 bridgehead atoms. The molecule has 4 aromatic carbocycles. The van der Waals surface area contributed by atoms with Crippen molar-refractivity contribution in [3.8, 4) is 39.5 Å². The minimum absolute atomic E-state index is 0.00548. The van der Waals surface area contributed by atoms with E-state index >= 15 is 0 Å². The maximum Gasteiger partial charge on any atom is 0.145 e. The van der Waals surface area contributed by atoms with E-state index in [1.165, 1.54) is 70.3 Å². The zero-order chi connectivity index (χ0) is 27.9. The predicted octanol–water partition coefficient (Wildman–Crippen LogP) is 10.3. The highest BCUT2D eigenvalue weighted by atomic mass is 15.1. The molecule has 1 aliphatic carbocycles. The van der Waals surface area contributed by atoms with Crippen LogP contribution >= 0.6 is 0 Å². The molecule has 0 aliphatic heterocycles. The summed E-state index contributed by atoms with van der Waals surface area (Å²) >= 11 is 0. The van der Waals surface area contributed by atoms with Crippen LogP contribution < -0.4 is 0 Å². The second kappa shape index (κ2) is 10.6. The van der Waals surface area contributed by atoms with Crippen LogP contribution in [0.5, 0.6) is 0 Å². The number of fused-ring (bicyclic) bond motifs is 3. The Morgan fingerprint density at radius 2 is 1.40 bits per heavy atom. The Kier molecular flexibility index (Phi) is 6.96. The van der Waals surface area contributed by atoms with Crippen molar-refractivity contribution in [2.45, 2.75) is 72.1 Å².